The zero-order valence-corrected chi connectivity index (χ0v) is 16.3. The first kappa shape index (κ1) is 18.8. The highest BCUT2D eigenvalue weighted by Gasteiger charge is 2.12. The predicted octanol–water partition coefficient (Wildman–Crippen LogP) is 3.90. The molecule has 29 heavy (non-hydrogen) atoms. The highest BCUT2D eigenvalue weighted by Crippen LogP contribution is 2.30. The van der Waals surface area contributed by atoms with E-state index < -0.39 is 0 Å². The van der Waals surface area contributed by atoms with Crippen LogP contribution in [0.25, 0.3) is 0 Å². The van der Waals surface area contributed by atoms with Gasteiger partial charge in [-0.1, -0.05) is 17.3 Å². The fraction of sp³-hybridized carbons (Fsp3) is 0.143. The third kappa shape index (κ3) is 4.67. The summed E-state index contributed by atoms with van der Waals surface area (Å²) in [7, 11) is 0. The van der Waals surface area contributed by atoms with Crippen LogP contribution in [0.15, 0.2) is 59.8 Å². The molecule has 1 aliphatic rings. The average molecular weight is 409 g/mol. The number of anilines is 2. The number of nitrogens with zero attached hydrogens (tertiary/aromatic N) is 1. The molecule has 2 aromatic carbocycles. The number of hydrogen-bond acceptors (Lipinski definition) is 7. The fourth-order valence-electron chi connectivity index (χ4n) is 2.71. The molecule has 0 aliphatic carbocycles. The summed E-state index contributed by atoms with van der Waals surface area (Å²) in [6, 6.07) is 16.3. The molecule has 7 nitrogen and oxygen atoms in total. The van der Waals surface area contributed by atoms with Gasteiger partial charge < -0.3 is 25.4 Å². The Morgan fingerprint density at radius 1 is 1.14 bits per heavy atom. The number of benzene rings is 2. The second kappa shape index (κ2) is 8.66. The number of hydrogen-bond donors (Lipinski definition) is 2. The van der Waals surface area contributed by atoms with Gasteiger partial charge in [0.2, 0.25) is 0 Å². The van der Waals surface area contributed by atoms with E-state index in [-0.39, 0.29) is 12.5 Å². The van der Waals surface area contributed by atoms with E-state index in [4.69, 9.17) is 20.0 Å². The maximum atomic E-state index is 12.4. The summed E-state index contributed by atoms with van der Waals surface area (Å²) in [4.78, 5) is 19.2. The zero-order valence-electron chi connectivity index (χ0n) is 15.5. The van der Waals surface area contributed by atoms with E-state index in [0.29, 0.717) is 35.2 Å². The molecule has 1 aliphatic heterocycles. The van der Waals surface area contributed by atoms with Crippen molar-refractivity contribution in [1.82, 2.24) is 0 Å². The molecule has 3 N–H and O–H groups in total. The molecule has 3 aromatic rings. The molecule has 0 saturated heterocycles. The Bertz CT molecular complexity index is 1050. The van der Waals surface area contributed by atoms with Gasteiger partial charge in [-0.3, -0.25) is 4.79 Å². The lowest BCUT2D eigenvalue weighted by atomic mass is 10.2. The van der Waals surface area contributed by atoms with Crippen LogP contribution < -0.4 is 20.5 Å². The molecule has 0 atom stereocenters. The van der Waals surface area contributed by atoms with Crippen molar-refractivity contribution < 1.29 is 19.1 Å². The number of carbonyl (C=O) groups excluding carboxylic acids is 1. The highest BCUT2D eigenvalue weighted by molar-refractivity contribution is 7.14. The summed E-state index contributed by atoms with van der Waals surface area (Å²) in [5.74, 6) is 1.23. The molecule has 0 radical (unpaired) electrons. The minimum Gasteiger partial charge on any atom is -0.486 e. The van der Waals surface area contributed by atoms with Crippen molar-refractivity contribution in [3.05, 3.63) is 69.9 Å². The van der Waals surface area contributed by atoms with Crippen LogP contribution in [-0.2, 0) is 11.4 Å². The van der Waals surface area contributed by atoms with Crippen molar-refractivity contribution in [2.45, 2.75) is 6.61 Å². The third-order valence-corrected chi connectivity index (χ3v) is 5.20. The zero-order chi connectivity index (χ0) is 20.1. The monoisotopic (exact) mass is 409 g/mol. The topological polar surface area (TPSA) is 95.2 Å². The van der Waals surface area contributed by atoms with Crippen molar-refractivity contribution in [3.8, 4) is 11.5 Å². The summed E-state index contributed by atoms with van der Waals surface area (Å²) in [5, 5.41) is 6.79. The Morgan fingerprint density at radius 2 is 1.97 bits per heavy atom. The molecule has 4 rings (SSSR count). The Labute approximate surface area is 171 Å². The van der Waals surface area contributed by atoms with Crippen LogP contribution in [0.1, 0.15) is 20.1 Å². The first-order valence-corrected chi connectivity index (χ1v) is 9.80. The fourth-order valence-corrected chi connectivity index (χ4v) is 3.52. The number of rotatable bonds is 6. The van der Waals surface area contributed by atoms with Gasteiger partial charge in [-0.05, 0) is 42.5 Å². The van der Waals surface area contributed by atoms with Crippen LogP contribution in [0.3, 0.4) is 0 Å². The van der Waals surface area contributed by atoms with Crippen molar-refractivity contribution in [1.29, 1.82) is 0 Å². The van der Waals surface area contributed by atoms with Gasteiger partial charge in [0, 0.05) is 10.4 Å². The first-order valence-electron chi connectivity index (χ1n) is 8.98. The molecule has 8 heteroatoms. The molecule has 0 unspecified atom stereocenters. The molecule has 0 spiro atoms. The lowest BCUT2D eigenvalue weighted by Crippen LogP contribution is -2.15. The van der Waals surface area contributed by atoms with Gasteiger partial charge in [-0.25, -0.2) is 0 Å². The minimum absolute atomic E-state index is 0.209. The van der Waals surface area contributed by atoms with Crippen LogP contribution in [0.5, 0.6) is 11.5 Å². The summed E-state index contributed by atoms with van der Waals surface area (Å²) >= 11 is 1.34. The molecule has 0 fully saturated rings. The summed E-state index contributed by atoms with van der Waals surface area (Å²) in [6.45, 7) is 1.37. The molecule has 148 valence electrons. The number of oxime groups is 1. The van der Waals surface area contributed by atoms with Gasteiger partial charge in [0.05, 0.1) is 22.5 Å². The van der Waals surface area contributed by atoms with Crippen LogP contribution in [0.4, 0.5) is 11.4 Å². The Balaban J connectivity index is 1.31. The standard InChI is InChI=1S/C21H19N3O4S/c22-16-3-1-2-4-17(16)24-21(25)20-8-6-15(29-20)13-28-23-12-14-5-7-18-19(11-14)27-10-9-26-18/h1-8,11-12H,9-10,13,22H2,(H,24,25)/b23-12+. The van der Waals surface area contributed by atoms with E-state index in [0.717, 1.165) is 16.2 Å². The smallest absolute Gasteiger partial charge is 0.265 e. The van der Waals surface area contributed by atoms with E-state index in [1.165, 1.54) is 11.3 Å². The molecular formula is C21H19N3O4S. The number of fused-ring (bicyclic) bond motifs is 1. The second-order valence-electron chi connectivity index (χ2n) is 6.22. The van der Waals surface area contributed by atoms with Crippen LogP contribution in [0, 0.1) is 0 Å². The van der Waals surface area contributed by atoms with E-state index in [9.17, 15) is 4.79 Å². The van der Waals surface area contributed by atoms with E-state index in [1.807, 2.05) is 36.4 Å². The Kier molecular flexibility index (Phi) is 5.62. The normalized spacial score (nSPS) is 12.7. The number of carbonyl (C=O) groups is 1. The van der Waals surface area contributed by atoms with Crippen molar-refractivity contribution in [3.63, 3.8) is 0 Å². The number of para-hydroxylation sites is 2. The van der Waals surface area contributed by atoms with Gasteiger partial charge >= 0.3 is 0 Å². The highest BCUT2D eigenvalue weighted by atomic mass is 32.1. The molecule has 1 aromatic heterocycles. The van der Waals surface area contributed by atoms with E-state index in [1.54, 1.807) is 24.4 Å². The second-order valence-corrected chi connectivity index (χ2v) is 7.39. The number of ether oxygens (including phenoxy) is 2. The van der Waals surface area contributed by atoms with Gasteiger partial charge in [0.1, 0.15) is 13.2 Å². The van der Waals surface area contributed by atoms with Crippen molar-refractivity contribution in [2.24, 2.45) is 5.16 Å². The van der Waals surface area contributed by atoms with Crippen LogP contribution >= 0.6 is 11.3 Å². The predicted molar refractivity (Wildman–Crippen MR) is 113 cm³/mol. The van der Waals surface area contributed by atoms with Crippen molar-refractivity contribution in [2.75, 3.05) is 24.3 Å². The lowest BCUT2D eigenvalue weighted by Gasteiger charge is -2.18. The number of amides is 1. The van der Waals surface area contributed by atoms with E-state index in [2.05, 4.69) is 10.5 Å². The Morgan fingerprint density at radius 3 is 2.83 bits per heavy atom. The maximum Gasteiger partial charge on any atom is 0.265 e. The summed E-state index contributed by atoms with van der Waals surface area (Å²) in [5.41, 5.74) is 7.82. The largest absolute Gasteiger partial charge is 0.486 e. The summed E-state index contributed by atoms with van der Waals surface area (Å²) < 4.78 is 11.0. The molecule has 2 heterocycles. The number of thiophene rings is 1. The van der Waals surface area contributed by atoms with Crippen LogP contribution in [-0.4, -0.2) is 25.3 Å². The molecule has 0 bridgehead atoms. The third-order valence-electron chi connectivity index (χ3n) is 4.14. The minimum atomic E-state index is -0.209. The maximum absolute atomic E-state index is 12.4. The van der Waals surface area contributed by atoms with E-state index >= 15 is 0 Å². The molecule has 0 saturated carbocycles. The first-order chi connectivity index (χ1) is 14.2. The SMILES string of the molecule is Nc1ccccc1NC(=O)c1ccc(CO/N=C/c2ccc3c(c2)OCCO3)s1. The van der Waals surface area contributed by atoms with Gasteiger partial charge in [0.15, 0.2) is 18.1 Å². The van der Waals surface area contributed by atoms with Crippen molar-refractivity contribution >= 4 is 34.8 Å². The van der Waals surface area contributed by atoms with Gasteiger partial charge in [-0.15, -0.1) is 11.3 Å². The van der Waals surface area contributed by atoms with Crippen LogP contribution in [0.2, 0.25) is 0 Å². The average Bonchev–Trinajstić information content (AvgIpc) is 3.22. The van der Waals surface area contributed by atoms with Gasteiger partial charge in [-0.2, -0.15) is 0 Å². The number of nitrogen functional groups attached to an aromatic ring is 1. The quantitative estimate of drug-likeness (QED) is 0.366. The molecular weight excluding hydrogens is 390 g/mol. The Hall–Kier alpha value is -3.52. The lowest BCUT2D eigenvalue weighted by molar-refractivity contribution is 0.103. The molecule has 1 amide bonds. The van der Waals surface area contributed by atoms with Gasteiger partial charge in [0.25, 0.3) is 5.91 Å². The number of nitrogens with two attached hydrogens (primary N) is 1. The summed E-state index contributed by atoms with van der Waals surface area (Å²) in [6.07, 6.45) is 1.61. The number of nitrogens with one attached hydrogen (secondary N) is 1.